The molecule has 0 aliphatic carbocycles. The summed E-state index contributed by atoms with van der Waals surface area (Å²) in [5.74, 6) is 1.61. The molecule has 2 rings (SSSR count). The van der Waals surface area contributed by atoms with Crippen LogP contribution >= 0.6 is 7.55 Å². The molecule has 0 unspecified atom stereocenters. The SMILES string of the molecule is CON(C)C(=O)C=[P+](c1ccccc1)c1ccccc1. The van der Waals surface area contributed by atoms with Crippen molar-refractivity contribution in [3.8, 4) is 0 Å². The van der Waals surface area contributed by atoms with E-state index in [4.69, 9.17) is 4.84 Å². The molecule has 0 bridgehead atoms. The van der Waals surface area contributed by atoms with E-state index in [1.54, 1.807) is 12.8 Å². The van der Waals surface area contributed by atoms with E-state index in [0.717, 1.165) is 10.6 Å². The highest BCUT2D eigenvalue weighted by Gasteiger charge is 2.21. The number of rotatable bonds is 4. The van der Waals surface area contributed by atoms with Crippen molar-refractivity contribution in [2.75, 3.05) is 14.2 Å². The lowest BCUT2D eigenvalue weighted by Gasteiger charge is -2.09. The number of hydroxylamine groups is 2. The molecule has 0 aliphatic heterocycles. The first-order chi connectivity index (χ1) is 9.72. The first-order valence-corrected chi connectivity index (χ1v) is 7.69. The quantitative estimate of drug-likeness (QED) is 0.635. The van der Waals surface area contributed by atoms with Gasteiger partial charge in [0, 0.05) is 7.05 Å². The van der Waals surface area contributed by atoms with Gasteiger partial charge < -0.3 is 0 Å². The molecular weight excluding hydrogens is 269 g/mol. The predicted molar refractivity (Wildman–Crippen MR) is 84.9 cm³/mol. The fourth-order valence-corrected chi connectivity index (χ4v) is 3.72. The Labute approximate surface area is 120 Å². The van der Waals surface area contributed by atoms with E-state index < -0.39 is 7.55 Å². The molecule has 0 saturated heterocycles. The molecule has 2 aromatic carbocycles. The highest BCUT2D eigenvalue weighted by atomic mass is 31.1. The number of amides is 1. The lowest BCUT2D eigenvalue weighted by atomic mass is 10.4. The lowest BCUT2D eigenvalue weighted by molar-refractivity contribution is -0.159. The van der Waals surface area contributed by atoms with Crippen LogP contribution in [0.25, 0.3) is 0 Å². The standard InChI is InChI=1S/C16H17NO2P/c1-17(19-2)16(18)13-20(14-9-5-3-6-10-14)15-11-7-4-8-12-15/h3-13H,1-2H3/q+1. The van der Waals surface area contributed by atoms with Crippen molar-refractivity contribution in [2.45, 2.75) is 0 Å². The van der Waals surface area contributed by atoms with E-state index in [1.807, 2.05) is 36.4 Å². The van der Waals surface area contributed by atoms with E-state index in [2.05, 4.69) is 24.3 Å². The Morgan fingerprint density at radius 3 is 1.85 bits per heavy atom. The number of carbonyl (C=O) groups excluding carboxylic acids is 1. The third-order valence-corrected chi connectivity index (χ3v) is 5.08. The van der Waals surface area contributed by atoms with Gasteiger partial charge in [-0.3, -0.25) is 9.63 Å². The molecule has 0 radical (unpaired) electrons. The smallest absolute Gasteiger partial charge is 0.274 e. The monoisotopic (exact) mass is 286 g/mol. The maximum Gasteiger partial charge on any atom is 0.312 e. The molecule has 0 fully saturated rings. The Kier molecular flexibility index (Phi) is 5.05. The van der Waals surface area contributed by atoms with Gasteiger partial charge in [-0.25, -0.2) is 5.06 Å². The summed E-state index contributed by atoms with van der Waals surface area (Å²) in [6.07, 6.45) is 0. The number of benzene rings is 2. The number of hydrogen-bond acceptors (Lipinski definition) is 2. The highest BCUT2D eigenvalue weighted by Crippen LogP contribution is 2.20. The van der Waals surface area contributed by atoms with E-state index >= 15 is 0 Å². The molecule has 0 spiro atoms. The van der Waals surface area contributed by atoms with Gasteiger partial charge in [0.2, 0.25) is 0 Å². The largest absolute Gasteiger partial charge is 0.312 e. The van der Waals surface area contributed by atoms with Crippen LogP contribution in [0.4, 0.5) is 0 Å². The molecule has 102 valence electrons. The van der Waals surface area contributed by atoms with E-state index in [1.165, 1.54) is 12.2 Å². The van der Waals surface area contributed by atoms with Crippen molar-refractivity contribution in [1.82, 2.24) is 5.06 Å². The first-order valence-electron chi connectivity index (χ1n) is 6.28. The number of hydrogen-bond donors (Lipinski definition) is 0. The summed E-state index contributed by atoms with van der Waals surface area (Å²) in [6, 6.07) is 20.1. The van der Waals surface area contributed by atoms with E-state index in [-0.39, 0.29) is 5.91 Å². The zero-order valence-electron chi connectivity index (χ0n) is 11.6. The number of nitrogens with zero attached hydrogens (tertiary/aromatic N) is 1. The van der Waals surface area contributed by atoms with Crippen LogP contribution in [0.5, 0.6) is 0 Å². The maximum absolute atomic E-state index is 12.1. The molecule has 0 aliphatic rings. The molecule has 2 aromatic rings. The summed E-state index contributed by atoms with van der Waals surface area (Å²) in [5, 5.41) is 3.53. The average molecular weight is 286 g/mol. The molecule has 3 nitrogen and oxygen atoms in total. The molecule has 0 aromatic heterocycles. The van der Waals surface area contributed by atoms with Gasteiger partial charge in [0.15, 0.2) is 24.0 Å². The topological polar surface area (TPSA) is 29.5 Å². The molecule has 0 atom stereocenters. The van der Waals surface area contributed by atoms with Gasteiger partial charge in [-0.2, -0.15) is 0 Å². The second-order valence-electron chi connectivity index (χ2n) is 4.19. The van der Waals surface area contributed by atoms with Gasteiger partial charge in [0.05, 0.1) is 7.11 Å². The van der Waals surface area contributed by atoms with Gasteiger partial charge in [0.25, 0.3) is 0 Å². The minimum atomic E-state index is -0.825. The summed E-state index contributed by atoms with van der Waals surface area (Å²) >= 11 is 0. The van der Waals surface area contributed by atoms with Crippen LogP contribution in [0.2, 0.25) is 0 Å². The number of carbonyl (C=O) groups is 1. The Morgan fingerprint density at radius 1 is 1.00 bits per heavy atom. The van der Waals surface area contributed by atoms with Gasteiger partial charge in [0.1, 0.15) is 0 Å². The van der Waals surface area contributed by atoms with E-state index in [9.17, 15) is 4.79 Å². The zero-order chi connectivity index (χ0) is 14.4. The average Bonchev–Trinajstić information content (AvgIpc) is 2.53. The molecule has 4 heteroatoms. The Bertz CT molecular complexity index is 555. The third-order valence-electron chi connectivity index (χ3n) is 2.89. The van der Waals surface area contributed by atoms with Crippen molar-refractivity contribution in [3.05, 3.63) is 60.7 Å². The van der Waals surface area contributed by atoms with Crippen molar-refractivity contribution < 1.29 is 9.63 Å². The van der Waals surface area contributed by atoms with Crippen LogP contribution in [0.3, 0.4) is 0 Å². The summed E-state index contributed by atoms with van der Waals surface area (Å²) in [4.78, 5) is 17.0. The van der Waals surface area contributed by atoms with Crippen LogP contribution in [-0.2, 0) is 9.63 Å². The normalized spacial score (nSPS) is 9.90. The second-order valence-corrected chi connectivity index (χ2v) is 6.22. The maximum atomic E-state index is 12.1. The molecule has 20 heavy (non-hydrogen) atoms. The van der Waals surface area contributed by atoms with Gasteiger partial charge in [-0.15, -0.1) is 0 Å². The molecular formula is C16H17NO2P+. The lowest BCUT2D eigenvalue weighted by Crippen LogP contribution is -2.27. The minimum Gasteiger partial charge on any atom is -0.274 e. The summed E-state index contributed by atoms with van der Waals surface area (Å²) in [5.41, 5.74) is 0. The highest BCUT2D eigenvalue weighted by molar-refractivity contribution is 7.73. The van der Waals surface area contributed by atoms with Crippen LogP contribution in [0.1, 0.15) is 0 Å². The third kappa shape index (κ3) is 3.53. The van der Waals surface area contributed by atoms with Gasteiger partial charge in [-0.1, -0.05) is 36.4 Å². The molecule has 0 N–H and O–H groups in total. The Morgan fingerprint density at radius 2 is 1.45 bits per heavy atom. The van der Waals surface area contributed by atoms with Crippen molar-refractivity contribution >= 4 is 29.9 Å². The second kappa shape index (κ2) is 6.99. The Balaban J connectivity index is 2.46. The van der Waals surface area contributed by atoms with Gasteiger partial charge in [-0.05, 0) is 24.3 Å². The molecule has 1 amide bonds. The van der Waals surface area contributed by atoms with Crippen LogP contribution < -0.4 is 10.6 Å². The van der Waals surface area contributed by atoms with Crippen LogP contribution in [0.15, 0.2) is 60.7 Å². The molecule has 0 heterocycles. The molecule has 0 saturated carbocycles. The van der Waals surface area contributed by atoms with E-state index in [0.29, 0.717) is 0 Å². The summed E-state index contributed by atoms with van der Waals surface area (Å²) in [7, 11) is 2.27. The predicted octanol–water partition coefficient (Wildman–Crippen LogP) is 1.94. The van der Waals surface area contributed by atoms with Gasteiger partial charge >= 0.3 is 5.91 Å². The Hall–Kier alpha value is -1.96. The fourth-order valence-electron chi connectivity index (χ4n) is 1.76. The summed E-state index contributed by atoms with van der Waals surface area (Å²) < 4.78 is 0. The van der Waals surface area contributed by atoms with Crippen molar-refractivity contribution in [3.63, 3.8) is 0 Å². The van der Waals surface area contributed by atoms with Crippen LogP contribution in [0, 0.1) is 0 Å². The minimum absolute atomic E-state index is 0.133. The first kappa shape index (κ1) is 14.4. The van der Waals surface area contributed by atoms with Crippen molar-refractivity contribution in [2.24, 2.45) is 0 Å². The zero-order valence-corrected chi connectivity index (χ0v) is 12.5. The fraction of sp³-hybridized carbons (Fsp3) is 0.125. The summed E-state index contributed by atoms with van der Waals surface area (Å²) in [6.45, 7) is 0. The van der Waals surface area contributed by atoms with Crippen LogP contribution in [-0.4, -0.2) is 30.9 Å². The van der Waals surface area contributed by atoms with Crippen molar-refractivity contribution in [1.29, 1.82) is 0 Å².